The second-order valence-electron chi connectivity index (χ2n) is 1.66. The van der Waals surface area contributed by atoms with Gasteiger partial charge >= 0.3 is 6.09 Å². The van der Waals surface area contributed by atoms with E-state index in [9.17, 15) is 9.59 Å². The first-order valence-corrected chi connectivity index (χ1v) is 2.84. The van der Waals surface area contributed by atoms with Crippen LogP contribution in [0.2, 0.25) is 0 Å². The van der Waals surface area contributed by atoms with Crippen LogP contribution in [0.3, 0.4) is 0 Å². The molecule has 2 amide bonds. The van der Waals surface area contributed by atoms with Gasteiger partial charge in [-0.25, -0.2) is 4.79 Å². The smallest absolute Gasteiger partial charge is 0.404 e. The van der Waals surface area contributed by atoms with Crippen molar-refractivity contribution in [1.82, 2.24) is 10.6 Å². The van der Waals surface area contributed by atoms with Crippen LogP contribution in [-0.4, -0.2) is 30.7 Å². The van der Waals surface area contributed by atoms with Gasteiger partial charge in [0.25, 0.3) is 0 Å². The normalized spacial score (nSPS) is 8.50. The van der Waals surface area contributed by atoms with E-state index in [1.807, 2.05) is 0 Å². The second kappa shape index (κ2) is 4.60. The molecular weight excluding hydrogens is 136 g/mol. The third-order valence-electron chi connectivity index (χ3n) is 0.907. The molecule has 0 fully saturated rings. The number of amides is 2. The molecule has 0 spiro atoms. The maximum atomic E-state index is 10.4. The molecule has 0 aromatic heterocycles. The van der Waals surface area contributed by atoms with Crippen LogP contribution in [0.4, 0.5) is 4.79 Å². The highest BCUT2D eigenvalue weighted by molar-refractivity contribution is 5.76. The lowest BCUT2D eigenvalue weighted by Crippen LogP contribution is -2.27. The molecule has 0 atom stereocenters. The summed E-state index contributed by atoms with van der Waals surface area (Å²) in [6, 6.07) is 0. The first kappa shape index (κ1) is 8.74. The summed E-state index contributed by atoms with van der Waals surface area (Å²) in [4.78, 5) is 20.3. The first-order chi connectivity index (χ1) is 4.66. The average Bonchev–Trinajstić information content (AvgIpc) is 1.87. The van der Waals surface area contributed by atoms with Gasteiger partial charge in [-0.3, -0.25) is 4.79 Å². The Morgan fingerprint density at radius 1 is 1.50 bits per heavy atom. The number of nitrogens with one attached hydrogen (secondary N) is 2. The minimum atomic E-state index is -1.11. The van der Waals surface area contributed by atoms with Gasteiger partial charge in [0.2, 0.25) is 5.91 Å². The molecule has 0 aliphatic rings. The molecular formula is C5H10N2O3. The largest absolute Gasteiger partial charge is 0.465 e. The second-order valence-corrected chi connectivity index (χ2v) is 1.66. The van der Waals surface area contributed by atoms with Crippen LogP contribution in [-0.2, 0) is 4.79 Å². The van der Waals surface area contributed by atoms with Crippen LogP contribution in [0.15, 0.2) is 0 Å². The standard InChI is InChI=1S/C5H10N2O3/c1-6-4(8)2-3-7-5(9)10/h7H,2-3H2,1H3,(H,6,8)(H,9,10). The molecule has 0 aromatic rings. The molecule has 5 nitrogen and oxygen atoms in total. The summed E-state index contributed by atoms with van der Waals surface area (Å²) in [6.07, 6.45) is -0.924. The van der Waals surface area contributed by atoms with E-state index >= 15 is 0 Å². The van der Waals surface area contributed by atoms with Crippen molar-refractivity contribution in [1.29, 1.82) is 0 Å². The molecule has 5 heteroatoms. The van der Waals surface area contributed by atoms with E-state index < -0.39 is 6.09 Å². The van der Waals surface area contributed by atoms with Gasteiger partial charge in [-0.15, -0.1) is 0 Å². The van der Waals surface area contributed by atoms with Crippen molar-refractivity contribution in [2.75, 3.05) is 13.6 Å². The topological polar surface area (TPSA) is 78.4 Å². The molecule has 0 unspecified atom stereocenters. The predicted molar refractivity (Wildman–Crippen MR) is 34.7 cm³/mol. The Labute approximate surface area is 58.4 Å². The predicted octanol–water partition coefficient (Wildman–Crippen LogP) is -0.610. The van der Waals surface area contributed by atoms with Gasteiger partial charge in [0.05, 0.1) is 0 Å². The minimum Gasteiger partial charge on any atom is -0.465 e. The third-order valence-corrected chi connectivity index (χ3v) is 0.907. The van der Waals surface area contributed by atoms with E-state index in [1.165, 1.54) is 7.05 Å². The van der Waals surface area contributed by atoms with E-state index in [0.717, 1.165) is 0 Å². The summed E-state index contributed by atoms with van der Waals surface area (Å²) in [5.41, 5.74) is 0. The molecule has 58 valence electrons. The average molecular weight is 146 g/mol. The fourth-order valence-electron chi connectivity index (χ4n) is 0.408. The van der Waals surface area contributed by atoms with E-state index in [4.69, 9.17) is 5.11 Å². The van der Waals surface area contributed by atoms with Crippen molar-refractivity contribution in [3.8, 4) is 0 Å². The lowest BCUT2D eigenvalue weighted by atomic mass is 10.4. The van der Waals surface area contributed by atoms with Crippen molar-refractivity contribution >= 4 is 12.0 Å². The fraction of sp³-hybridized carbons (Fsp3) is 0.600. The van der Waals surface area contributed by atoms with E-state index in [-0.39, 0.29) is 18.9 Å². The van der Waals surface area contributed by atoms with Crippen molar-refractivity contribution < 1.29 is 14.7 Å². The molecule has 3 N–H and O–H groups in total. The third kappa shape index (κ3) is 4.89. The van der Waals surface area contributed by atoms with Gasteiger partial charge in [-0.1, -0.05) is 0 Å². The number of carbonyl (C=O) groups is 2. The number of carbonyl (C=O) groups excluding carboxylic acids is 1. The molecule has 0 aliphatic heterocycles. The molecule has 0 aliphatic carbocycles. The highest BCUT2D eigenvalue weighted by Crippen LogP contribution is 1.74. The monoisotopic (exact) mass is 146 g/mol. The minimum absolute atomic E-state index is 0.162. The molecule has 0 rings (SSSR count). The van der Waals surface area contributed by atoms with E-state index in [0.29, 0.717) is 0 Å². The van der Waals surface area contributed by atoms with Crippen molar-refractivity contribution in [3.63, 3.8) is 0 Å². The highest BCUT2D eigenvalue weighted by Gasteiger charge is 1.97. The maximum absolute atomic E-state index is 10.4. The number of hydrogen-bond donors (Lipinski definition) is 3. The van der Waals surface area contributed by atoms with Crippen LogP contribution in [0.1, 0.15) is 6.42 Å². The Morgan fingerprint density at radius 2 is 2.10 bits per heavy atom. The summed E-state index contributed by atoms with van der Waals surface area (Å²) in [6.45, 7) is 0.162. The zero-order chi connectivity index (χ0) is 7.98. The zero-order valence-electron chi connectivity index (χ0n) is 5.68. The molecule has 0 heterocycles. The Balaban J connectivity index is 3.20. The summed E-state index contributed by atoms with van der Waals surface area (Å²) in [5, 5.41) is 12.5. The Hall–Kier alpha value is -1.26. The van der Waals surface area contributed by atoms with Gasteiger partial charge in [-0.05, 0) is 0 Å². The summed E-state index contributed by atoms with van der Waals surface area (Å²) in [7, 11) is 1.50. The molecule has 0 aromatic carbocycles. The maximum Gasteiger partial charge on any atom is 0.404 e. The highest BCUT2D eigenvalue weighted by atomic mass is 16.4. The summed E-state index contributed by atoms with van der Waals surface area (Å²) >= 11 is 0. The van der Waals surface area contributed by atoms with Crippen molar-refractivity contribution in [2.45, 2.75) is 6.42 Å². The Morgan fingerprint density at radius 3 is 2.50 bits per heavy atom. The number of rotatable bonds is 3. The summed E-state index contributed by atoms with van der Waals surface area (Å²) in [5.74, 6) is -0.172. The van der Waals surface area contributed by atoms with Crippen molar-refractivity contribution in [3.05, 3.63) is 0 Å². The van der Waals surface area contributed by atoms with Crippen LogP contribution >= 0.6 is 0 Å². The molecule has 0 saturated carbocycles. The quantitative estimate of drug-likeness (QED) is 0.497. The summed E-state index contributed by atoms with van der Waals surface area (Å²) < 4.78 is 0. The van der Waals surface area contributed by atoms with Gasteiger partial charge in [-0.2, -0.15) is 0 Å². The number of hydrogen-bond acceptors (Lipinski definition) is 2. The first-order valence-electron chi connectivity index (χ1n) is 2.84. The van der Waals surface area contributed by atoms with Crippen LogP contribution in [0.25, 0.3) is 0 Å². The van der Waals surface area contributed by atoms with Crippen molar-refractivity contribution in [2.24, 2.45) is 0 Å². The molecule has 10 heavy (non-hydrogen) atoms. The lowest BCUT2D eigenvalue weighted by molar-refractivity contribution is -0.120. The van der Waals surface area contributed by atoms with Gasteiger partial charge in [0.1, 0.15) is 0 Å². The Bertz CT molecular complexity index is 135. The molecule has 0 bridgehead atoms. The molecule has 0 saturated heterocycles. The van der Waals surface area contributed by atoms with E-state index in [1.54, 1.807) is 0 Å². The Kier molecular flexibility index (Phi) is 4.02. The van der Waals surface area contributed by atoms with Crippen LogP contribution in [0, 0.1) is 0 Å². The fourth-order valence-corrected chi connectivity index (χ4v) is 0.408. The van der Waals surface area contributed by atoms with Crippen LogP contribution in [0.5, 0.6) is 0 Å². The zero-order valence-corrected chi connectivity index (χ0v) is 5.68. The van der Waals surface area contributed by atoms with E-state index in [2.05, 4.69) is 10.6 Å². The SMILES string of the molecule is CNC(=O)CCNC(=O)O. The van der Waals surface area contributed by atoms with Gasteiger partial charge in [0.15, 0.2) is 0 Å². The lowest BCUT2D eigenvalue weighted by Gasteiger charge is -1.98. The number of carboxylic acid groups (broad SMARTS) is 1. The van der Waals surface area contributed by atoms with Crippen LogP contribution < -0.4 is 10.6 Å². The molecule has 0 radical (unpaired) electrons. The van der Waals surface area contributed by atoms with Gasteiger partial charge < -0.3 is 15.7 Å². The van der Waals surface area contributed by atoms with Gasteiger partial charge in [0, 0.05) is 20.0 Å².